The first-order chi connectivity index (χ1) is 15.1. The van der Waals surface area contributed by atoms with E-state index in [1.54, 1.807) is 7.11 Å². The van der Waals surface area contributed by atoms with E-state index in [1.807, 2.05) is 43.3 Å². The molecule has 0 saturated carbocycles. The third-order valence-electron chi connectivity index (χ3n) is 4.96. The number of hydrogen-bond donors (Lipinski definition) is 4. The second-order valence-corrected chi connectivity index (χ2v) is 7.17. The van der Waals surface area contributed by atoms with Gasteiger partial charge in [0.1, 0.15) is 6.61 Å². The van der Waals surface area contributed by atoms with Crippen molar-refractivity contribution in [2.75, 3.05) is 38.7 Å². The van der Waals surface area contributed by atoms with Gasteiger partial charge in [0, 0.05) is 31.1 Å². The van der Waals surface area contributed by atoms with Gasteiger partial charge in [-0.25, -0.2) is 4.99 Å². The summed E-state index contributed by atoms with van der Waals surface area (Å²) in [4.78, 5) is 16.7. The van der Waals surface area contributed by atoms with Gasteiger partial charge in [-0.3, -0.25) is 4.79 Å². The summed E-state index contributed by atoms with van der Waals surface area (Å²) in [6.45, 7) is 3.95. The molecule has 0 saturated heterocycles. The number of amides is 1. The van der Waals surface area contributed by atoms with Crippen LogP contribution >= 0.6 is 24.0 Å². The van der Waals surface area contributed by atoms with Crippen molar-refractivity contribution in [2.24, 2.45) is 4.99 Å². The minimum absolute atomic E-state index is 0. The number of hydrogen-bond acceptors (Lipinski definition) is 5. The second-order valence-electron chi connectivity index (χ2n) is 7.17. The Balaban J connectivity index is 0.00000363. The van der Waals surface area contributed by atoms with Crippen LogP contribution < -0.4 is 25.4 Å². The van der Waals surface area contributed by atoms with E-state index >= 15 is 0 Å². The number of nitrogens with zero attached hydrogens (tertiary/aromatic N) is 1. The average Bonchev–Trinajstić information content (AvgIpc) is 2.79. The highest BCUT2D eigenvalue weighted by Crippen LogP contribution is 2.31. The van der Waals surface area contributed by atoms with Crippen molar-refractivity contribution in [3.63, 3.8) is 0 Å². The summed E-state index contributed by atoms with van der Waals surface area (Å²) >= 11 is 0. The van der Waals surface area contributed by atoms with E-state index in [-0.39, 0.29) is 49.0 Å². The summed E-state index contributed by atoms with van der Waals surface area (Å²) in [5.74, 6) is 1.98. The third kappa shape index (κ3) is 6.99. The van der Waals surface area contributed by atoms with E-state index in [0.717, 1.165) is 23.4 Å². The first-order valence-corrected chi connectivity index (χ1v) is 10.5. The molecular weight excluding hydrogens is 523 g/mol. The smallest absolute Gasteiger partial charge is 0.225 e. The SMILES string of the molecule is CCNC(=NCc1ccc(OCCO)c(OC)c1)NCC1CC(=O)Nc2ccccc21.I. The van der Waals surface area contributed by atoms with E-state index in [4.69, 9.17) is 14.6 Å². The van der Waals surface area contributed by atoms with Crippen LogP contribution in [0.5, 0.6) is 11.5 Å². The largest absolute Gasteiger partial charge is 0.493 e. The zero-order chi connectivity index (χ0) is 22.1. The van der Waals surface area contributed by atoms with Crippen molar-refractivity contribution >= 4 is 41.5 Å². The minimum atomic E-state index is -0.0555. The average molecular weight is 554 g/mol. The molecule has 0 aliphatic carbocycles. The van der Waals surface area contributed by atoms with Crippen LogP contribution in [0, 0.1) is 0 Å². The molecule has 1 unspecified atom stereocenters. The highest BCUT2D eigenvalue weighted by molar-refractivity contribution is 14.0. The zero-order valence-electron chi connectivity index (χ0n) is 18.4. The fraction of sp³-hybridized carbons (Fsp3) is 0.391. The fourth-order valence-corrected chi connectivity index (χ4v) is 3.50. The Kier molecular flexibility index (Phi) is 10.5. The molecule has 4 N–H and O–H groups in total. The summed E-state index contributed by atoms with van der Waals surface area (Å²) in [7, 11) is 1.58. The number of para-hydroxylation sites is 1. The van der Waals surface area contributed by atoms with E-state index in [0.29, 0.717) is 37.0 Å². The molecule has 1 aliphatic rings. The first kappa shape index (κ1) is 25.7. The first-order valence-electron chi connectivity index (χ1n) is 10.5. The number of guanidine groups is 1. The number of rotatable bonds is 9. The van der Waals surface area contributed by atoms with Crippen LogP contribution in [0.15, 0.2) is 47.5 Å². The maximum atomic E-state index is 12.1. The zero-order valence-corrected chi connectivity index (χ0v) is 20.7. The number of fused-ring (bicyclic) bond motifs is 1. The number of carbonyl (C=O) groups excluding carboxylic acids is 1. The number of nitrogens with one attached hydrogen (secondary N) is 3. The molecule has 174 valence electrons. The van der Waals surface area contributed by atoms with Crippen LogP contribution in [0.3, 0.4) is 0 Å². The van der Waals surface area contributed by atoms with Crippen LogP contribution in [0.2, 0.25) is 0 Å². The molecule has 2 aromatic carbocycles. The van der Waals surface area contributed by atoms with Crippen LogP contribution in [-0.4, -0.2) is 50.4 Å². The van der Waals surface area contributed by atoms with Crippen molar-refractivity contribution < 1.29 is 19.4 Å². The second kappa shape index (κ2) is 13.1. The Hall–Kier alpha value is -2.53. The Morgan fingerprint density at radius 3 is 2.78 bits per heavy atom. The van der Waals surface area contributed by atoms with Gasteiger partial charge in [0.2, 0.25) is 5.91 Å². The molecule has 0 aromatic heterocycles. The van der Waals surface area contributed by atoms with Crippen LogP contribution in [0.4, 0.5) is 5.69 Å². The lowest BCUT2D eigenvalue weighted by molar-refractivity contribution is -0.116. The molecule has 1 amide bonds. The van der Waals surface area contributed by atoms with Crippen molar-refractivity contribution in [1.82, 2.24) is 10.6 Å². The molecule has 8 nitrogen and oxygen atoms in total. The van der Waals surface area contributed by atoms with Gasteiger partial charge < -0.3 is 30.5 Å². The number of benzene rings is 2. The molecule has 1 aliphatic heterocycles. The molecule has 3 rings (SSSR count). The van der Waals surface area contributed by atoms with Gasteiger partial charge in [-0.15, -0.1) is 24.0 Å². The van der Waals surface area contributed by atoms with Crippen LogP contribution in [0.25, 0.3) is 0 Å². The summed E-state index contributed by atoms with van der Waals surface area (Å²) in [5.41, 5.74) is 2.98. The van der Waals surface area contributed by atoms with Gasteiger partial charge in [0.25, 0.3) is 0 Å². The van der Waals surface area contributed by atoms with Gasteiger partial charge in [0.15, 0.2) is 17.5 Å². The van der Waals surface area contributed by atoms with E-state index in [1.165, 1.54) is 0 Å². The van der Waals surface area contributed by atoms with Crippen molar-refractivity contribution in [1.29, 1.82) is 0 Å². The van der Waals surface area contributed by atoms with E-state index < -0.39 is 0 Å². The molecule has 2 aromatic rings. The van der Waals surface area contributed by atoms with Gasteiger partial charge in [0.05, 0.1) is 20.3 Å². The lowest BCUT2D eigenvalue weighted by Gasteiger charge is -2.26. The Morgan fingerprint density at radius 2 is 2.03 bits per heavy atom. The summed E-state index contributed by atoms with van der Waals surface area (Å²) in [6, 6.07) is 13.5. The topological polar surface area (TPSA) is 104 Å². The number of methoxy groups -OCH3 is 1. The number of aliphatic hydroxyl groups excluding tert-OH is 1. The molecule has 9 heteroatoms. The third-order valence-corrected chi connectivity index (χ3v) is 4.96. The molecule has 1 atom stereocenters. The summed E-state index contributed by atoms with van der Waals surface area (Å²) < 4.78 is 10.9. The molecule has 0 bridgehead atoms. The minimum Gasteiger partial charge on any atom is -0.493 e. The Labute approximate surface area is 205 Å². The maximum absolute atomic E-state index is 12.1. The lowest BCUT2D eigenvalue weighted by atomic mass is 9.90. The molecule has 0 spiro atoms. The Morgan fingerprint density at radius 1 is 1.22 bits per heavy atom. The monoisotopic (exact) mass is 554 g/mol. The number of carbonyl (C=O) groups is 1. The highest BCUT2D eigenvalue weighted by Gasteiger charge is 2.24. The van der Waals surface area contributed by atoms with Crippen molar-refractivity contribution in [3.8, 4) is 11.5 Å². The molecule has 32 heavy (non-hydrogen) atoms. The molecular formula is C23H31IN4O4. The van der Waals surface area contributed by atoms with Crippen molar-refractivity contribution in [2.45, 2.75) is 25.8 Å². The quantitative estimate of drug-likeness (QED) is 0.216. The number of anilines is 1. The summed E-state index contributed by atoms with van der Waals surface area (Å²) in [6.07, 6.45) is 0.440. The highest BCUT2D eigenvalue weighted by atomic mass is 127. The normalized spacial score (nSPS) is 15.2. The maximum Gasteiger partial charge on any atom is 0.225 e. The fourth-order valence-electron chi connectivity index (χ4n) is 3.50. The van der Waals surface area contributed by atoms with Crippen molar-refractivity contribution in [3.05, 3.63) is 53.6 Å². The number of ether oxygens (including phenoxy) is 2. The van der Waals surface area contributed by atoms with Gasteiger partial charge in [-0.1, -0.05) is 24.3 Å². The number of aliphatic hydroxyl groups is 1. The number of aliphatic imine (C=N–C) groups is 1. The Bertz CT molecular complexity index is 923. The van der Waals surface area contributed by atoms with Gasteiger partial charge >= 0.3 is 0 Å². The molecule has 1 heterocycles. The van der Waals surface area contributed by atoms with Crippen LogP contribution in [0.1, 0.15) is 30.4 Å². The van der Waals surface area contributed by atoms with Crippen LogP contribution in [-0.2, 0) is 11.3 Å². The lowest BCUT2D eigenvalue weighted by Crippen LogP contribution is -2.40. The number of halogens is 1. The predicted octanol–water partition coefficient (Wildman–Crippen LogP) is 2.87. The molecule has 0 fully saturated rings. The standard InChI is InChI=1S/C23H30N4O4.HI/c1-3-24-23(25-14-16-8-9-20(31-11-10-28)21(12-16)30-2)26-15-17-13-22(29)27-19-7-5-4-6-18(17)19;/h4-9,12,17,28H,3,10-11,13-15H2,1-2H3,(H,27,29)(H2,24,25,26);1H. The summed E-state index contributed by atoms with van der Waals surface area (Å²) in [5, 5.41) is 18.5. The predicted molar refractivity (Wildman–Crippen MR) is 136 cm³/mol. The van der Waals surface area contributed by atoms with E-state index in [9.17, 15) is 4.79 Å². The van der Waals surface area contributed by atoms with E-state index in [2.05, 4.69) is 27.0 Å². The van der Waals surface area contributed by atoms with Gasteiger partial charge in [-0.05, 0) is 36.2 Å². The van der Waals surface area contributed by atoms with Gasteiger partial charge in [-0.2, -0.15) is 0 Å². The molecule has 0 radical (unpaired) electrons.